The van der Waals surface area contributed by atoms with Crippen LogP contribution in [0.5, 0.6) is 0 Å². The highest BCUT2D eigenvalue weighted by Gasteiger charge is 2.25. The molecule has 0 N–H and O–H groups in total. The number of hydrogen-bond acceptors (Lipinski definition) is 1. The maximum atomic E-state index is 13.5. The van der Waals surface area contributed by atoms with Crippen LogP contribution in [-0.4, -0.2) is 23.4 Å². The zero-order valence-corrected chi connectivity index (χ0v) is 10.4. The summed E-state index contributed by atoms with van der Waals surface area (Å²) >= 11 is 5.76. The Morgan fingerprint density at radius 3 is 2.59 bits per heavy atom. The van der Waals surface area contributed by atoms with Gasteiger partial charge in [-0.15, -0.1) is 11.6 Å². The van der Waals surface area contributed by atoms with Gasteiger partial charge in [-0.1, -0.05) is 12.5 Å². The molecular formula is C13H16ClF2N. The summed E-state index contributed by atoms with van der Waals surface area (Å²) in [7, 11) is 0. The number of rotatable bonds is 5. The monoisotopic (exact) mass is 259 g/mol. The highest BCUT2D eigenvalue weighted by atomic mass is 35.5. The largest absolute Gasteiger partial charge is 0.295 e. The van der Waals surface area contributed by atoms with Crippen molar-refractivity contribution in [2.45, 2.75) is 31.8 Å². The van der Waals surface area contributed by atoms with Crippen molar-refractivity contribution in [1.29, 1.82) is 0 Å². The fraction of sp³-hybridized carbons (Fsp3) is 0.538. The van der Waals surface area contributed by atoms with Gasteiger partial charge in [0.1, 0.15) is 11.6 Å². The molecule has 1 nitrogen and oxygen atoms in total. The first-order valence-electron chi connectivity index (χ1n) is 5.94. The van der Waals surface area contributed by atoms with E-state index in [1.165, 1.54) is 18.6 Å². The molecule has 2 rings (SSSR count). The minimum absolute atomic E-state index is 0.469. The molecule has 0 aliphatic heterocycles. The van der Waals surface area contributed by atoms with Crippen LogP contribution in [0.3, 0.4) is 0 Å². The molecule has 1 fully saturated rings. The summed E-state index contributed by atoms with van der Waals surface area (Å²) in [6.45, 7) is 1.27. The predicted molar refractivity (Wildman–Crippen MR) is 65.1 cm³/mol. The van der Waals surface area contributed by atoms with Gasteiger partial charge < -0.3 is 0 Å². The molecule has 0 heterocycles. The molecule has 94 valence electrons. The summed E-state index contributed by atoms with van der Waals surface area (Å²) in [4.78, 5) is 2.19. The highest BCUT2D eigenvalue weighted by molar-refractivity contribution is 6.18. The lowest BCUT2D eigenvalue weighted by Gasteiger charge is -2.37. The van der Waals surface area contributed by atoms with Gasteiger partial charge in [0.15, 0.2) is 0 Å². The van der Waals surface area contributed by atoms with Gasteiger partial charge in [-0.25, -0.2) is 8.78 Å². The van der Waals surface area contributed by atoms with Crippen LogP contribution in [0.4, 0.5) is 8.78 Å². The van der Waals surface area contributed by atoms with E-state index >= 15 is 0 Å². The second kappa shape index (κ2) is 5.78. The molecule has 1 saturated carbocycles. The van der Waals surface area contributed by atoms with Gasteiger partial charge in [-0.05, 0) is 18.9 Å². The van der Waals surface area contributed by atoms with Crippen molar-refractivity contribution in [1.82, 2.24) is 4.90 Å². The molecule has 0 unspecified atom stereocenters. The van der Waals surface area contributed by atoms with E-state index in [4.69, 9.17) is 11.6 Å². The quantitative estimate of drug-likeness (QED) is 0.731. The van der Waals surface area contributed by atoms with Crippen LogP contribution in [0, 0.1) is 11.6 Å². The molecule has 0 bridgehead atoms. The maximum Gasteiger partial charge on any atom is 0.130 e. The van der Waals surface area contributed by atoms with Crippen LogP contribution >= 0.6 is 11.6 Å². The van der Waals surface area contributed by atoms with Crippen molar-refractivity contribution < 1.29 is 8.78 Å². The Morgan fingerprint density at radius 1 is 1.29 bits per heavy atom. The third-order valence-corrected chi connectivity index (χ3v) is 3.52. The Hall–Kier alpha value is -0.670. The molecule has 1 aliphatic rings. The SMILES string of the molecule is Fc1ccc(CN(CCCl)C2CCC2)c(F)c1. The number of nitrogens with zero attached hydrogens (tertiary/aromatic N) is 1. The lowest BCUT2D eigenvalue weighted by atomic mass is 9.91. The fourth-order valence-corrected chi connectivity index (χ4v) is 2.34. The Labute approximate surface area is 105 Å². The highest BCUT2D eigenvalue weighted by Crippen LogP contribution is 2.26. The predicted octanol–water partition coefficient (Wildman–Crippen LogP) is 3.56. The van der Waals surface area contributed by atoms with E-state index in [0.717, 1.165) is 25.5 Å². The Balaban J connectivity index is 2.05. The summed E-state index contributed by atoms with van der Waals surface area (Å²) in [5.74, 6) is -0.457. The summed E-state index contributed by atoms with van der Waals surface area (Å²) in [6, 6.07) is 4.27. The summed E-state index contributed by atoms with van der Waals surface area (Å²) in [6.07, 6.45) is 3.54. The third-order valence-electron chi connectivity index (χ3n) is 3.35. The van der Waals surface area contributed by atoms with E-state index in [-0.39, 0.29) is 0 Å². The summed E-state index contributed by atoms with van der Waals surface area (Å²) < 4.78 is 26.3. The topological polar surface area (TPSA) is 3.24 Å². The van der Waals surface area contributed by atoms with Crippen molar-refractivity contribution in [3.05, 3.63) is 35.4 Å². The molecular weight excluding hydrogens is 244 g/mol. The minimum atomic E-state index is -0.529. The molecule has 0 saturated heterocycles. The Kier molecular flexibility index (Phi) is 4.35. The molecule has 0 spiro atoms. The minimum Gasteiger partial charge on any atom is -0.295 e. The van der Waals surface area contributed by atoms with Gasteiger partial charge in [0, 0.05) is 36.6 Å². The van der Waals surface area contributed by atoms with Crippen LogP contribution in [0.15, 0.2) is 18.2 Å². The smallest absolute Gasteiger partial charge is 0.130 e. The molecule has 4 heteroatoms. The Bertz CT molecular complexity index is 380. The molecule has 0 aromatic heterocycles. The number of hydrogen-bond donors (Lipinski definition) is 0. The van der Waals surface area contributed by atoms with Gasteiger partial charge in [0.25, 0.3) is 0 Å². The molecule has 0 amide bonds. The average Bonchev–Trinajstić information content (AvgIpc) is 2.20. The van der Waals surface area contributed by atoms with Crippen molar-refractivity contribution in [2.75, 3.05) is 12.4 Å². The van der Waals surface area contributed by atoms with E-state index in [2.05, 4.69) is 4.90 Å². The standard InChI is InChI=1S/C13H16ClF2N/c14-6-7-17(12-2-1-3-12)9-10-4-5-11(15)8-13(10)16/h4-5,8,12H,1-3,6-7,9H2. The van der Waals surface area contributed by atoms with Gasteiger partial charge in [0.05, 0.1) is 0 Å². The number of halogens is 3. The van der Waals surface area contributed by atoms with Crippen LogP contribution in [0.2, 0.25) is 0 Å². The van der Waals surface area contributed by atoms with E-state index in [1.807, 2.05) is 0 Å². The first kappa shape index (κ1) is 12.8. The van der Waals surface area contributed by atoms with Crippen molar-refractivity contribution in [3.63, 3.8) is 0 Å². The van der Waals surface area contributed by atoms with E-state index in [0.29, 0.717) is 24.0 Å². The summed E-state index contributed by atoms with van der Waals surface area (Å²) in [5.41, 5.74) is 0.545. The number of alkyl halides is 1. The lowest BCUT2D eigenvalue weighted by Crippen LogP contribution is -2.40. The third kappa shape index (κ3) is 3.17. The van der Waals surface area contributed by atoms with Crippen LogP contribution < -0.4 is 0 Å². The molecule has 0 atom stereocenters. The van der Waals surface area contributed by atoms with Gasteiger partial charge >= 0.3 is 0 Å². The van der Waals surface area contributed by atoms with Gasteiger partial charge in [-0.2, -0.15) is 0 Å². The summed E-state index contributed by atoms with van der Waals surface area (Å²) in [5, 5.41) is 0. The maximum absolute atomic E-state index is 13.5. The van der Waals surface area contributed by atoms with Crippen LogP contribution in [0.1, 0.15) is 24.8 Å². The van der Waals surface area contributed by atoms with Crippen molar-refractivity contribution in [3.8, 4) is 0 Å². The van der Waals surface area contributed by atoms with Gasteiger partial charge in [-0.3, -0.25) is 4.90 Å². The Morgan fingerprint density at radius 2 is 2.06 bits per heavy atom. The molecule has 17 heavy (non-hydrogen) atoms. The second-order valence-corrected chi connectivity index (χ2v) is 4.86. The van der Waals surface area contributed by atoms with Gasteiger partial charge in [0.2, 0.25) is 0 Å². The number of benzene rings is 1. The zero-order chi connectivity index (χ0) is 12.3. The van der Waals surface area contributed by atoms with E-state index < -0.39 is 11.6 Å². The average molecular weight is 260 g/mol. The first-order chi connectivity index (χ1) is 8.20. The zero-order valence-electron chi connectivity index (χ0n) is 9.63. The van der Waals surface area contributed by atoms with E-state index in [1.54, 1.807) is 0 Å². The molecule has 1 aromatic rings. The fourth-order valence-electron chi connectivity index (χ4n) is 2.12. The normalized spacial score (nSPS) is 16.2. The molecule has 1 aliphatic carbocycles. The van der Waals surface area contributed by atoms with Crippen molar-refractivity contribution in [2.24, 2.45) is 0 Å². The van der Waals surface area contributed by atoms with E-state index in [9.17, 15) is 8.78 Å². The molecule has 1 aromatic carbocycles. The first-order valence-corrected chi connectivity index (χ1v) is 6.48. The van der Waals surface area contributed by atoms with Crippen molar-refractivity contribution >= 4 is 11.6 Å². The van der Waals surface area contributed by atoms with Crippen LogP contribution in [0.25, 0.3) is 0 Å². The molecule has 0 radical (unpaired) electrons. The second-order valence-electron chi connectivity index (χ2n) is 4.48. The van der Waals surface area contributed by atoms with Crippen LogP contribution in [-0.2, 0) is 6.54 Å². The lowest BCUT2D eigenvalue weighted by molar-refractivity contribution is 0.126.